The fourth-order valence-corrected chi connectivity index (χ4v) is 3.94. The number of hydrogen-bond acceptors (Lipinski definition) is 4. The maximum Gasteiger partial charge on any atom is 0.254 e. The average Bonchev–Trinajstić information content (AvgIpc) is 2.88. The molecule has 4 atom stereocenters. The Labute approximate surface area is 133 Å². The van der Waals surface area contributed by atoms with E-state index in [0.29, 0.717) is 5.56 Å². The van der Waals surface area contributed by atoms with E-state index in [9.17, 15) is 9.59 Å². The van der Waals surface area contributed by atoms with Gasteiger partial charge in [0.25, 0.3) is 11.8 Å². The fourth-order valence-electron chi connectivity index (χ4n) is 3.94. The fraction of sp³-hybridized carbons (Fsp3) is 0.333. The molecular weight excluding hydrogens is 290 g/mol. The van der Waals surface area contributed by atoms with Gasteiger partial charge in [-0.15, -0.1) is 0 Å². The van der Waals surface area contributed by atoms with Crippen LogP contribution >= 0.6 is 0 Å². The summed E-state index contributed by atoms with van der Waals surface area (Å²) in [5, 5.41) is 14.0. The Balaban J connectivity index is 1.58. The second-order valence-corrected chi connectivity index (χ2v) is 6.31. The Kier molecular flexibility index (Phi) is 3.12. The molecule has 5 rings (SSSR count). The number of imide groups is 1. The number of hydrogen-bond donors (Lipinski definition) is 0. The van der Waals surface area contributed by atoms with Crippen molar-refractivity contribution in [2.24, 2.45) is 28.8 Å². The van der Waals surface area contributed by atoms with Crippen LogP contribution in [0.2, 0.25) is 0 Å². The average molecular weight is 305 g/mol. The Morgan fingerprint density at radius 3 is 2.09 bits per heavy atom. The summed E-state index contributed by atoms with van der Waals surface area (Å²) >= 11 is 0. The molecule has 0 aromatic heterocycles. The maximum atomic E-state index is 12.6. The highest BCUT2D eigenvalue weighted by atomic mass is 16.2. The third kappa shape index (κ3) is 2.10. The van der Waals surface area contributed by atoms with E-state index in [4.69, 9.17) is 5.26 Å². The highest BCUT2D eigenvalue weighted by molar-refractivity contribution is 6.06. The van der Waals surface area contributed by atoms with Gasteiger partial charge in [-0.25, -0.2) is 0 Å². The Morgan fingerprint density at radius 1 is 1.04 bits per heavy atom. The van der Waals surface area contributed by atoms with Crippen molar-refractivity contribution in [3.05, 3.63) is 47.5 Å². The molecule has 3 aliphatic carbocycles. The predicted octanol–water partition coefficient (Wildman–Crippen LogP) is 2.09. The molecule has 1 heterocycles. The summed E-state index contributed by atoms with van der Waals surface area (Å²) in [6, 6.07) is 8.89. The summed E-state index contributed by atoms with van der Waals surface area (Å²) in [5.41, 5.74) is 1.31. The molecule has 1 aliphatic heterocycles. The molecular formula is C18H15N3O2. The van der Waals surface area contributed by atoms with Crippen molar-refractivity contribution >= 4 is 18.0 Å². The predicted molar refractivity (Wildman–Crippen MR) is 82.9 cm³/mol. The SMILES string of the molecule is N#Cc1ccc(/C=N\N2C(=O)[C@@H]3[C@@H](C2=O)[C@H]2C=C[C@@H]3CC2)cc1. The van der Waals surface area contributed by atoms with E-state index >= 15 is 0 Å². The summed E-state index contributed by atoms with van der Waals surface area (Å²) in [5.74, 6) is -0.463. The number of benzene rings is 1. The first kappa shape index (κ1) is 13.9. The molecule has 2 amide bonds. The maximum absolute atomic E-state index is 12.6. The number of carbonyl (C=O) groups is 2. The van der Waals surface area contributed by atoms with E-state index in [1.54, 1.807) is 24.3 Å². The lowest BCUT2D eigenvalue weighted by atomic mass is 9.63. The van der Waals surface area contributed by atoms with Crippen LogP contribution in [0, 0.1) is 35.0 Å². The molecule has 2 bridgehead atoms. The number of nitrogens with zero attached hydrogens (tertiary/aromatic N) is 3. The summed E-state index contributed by atoms with van der Waals surface area (Å²) in [6.07, 6.45) is 7.65. The van der Waals surface area contributed by atoms with Gasteiger partial charge in [0.2, 0.25) is 0 Å². The minimum Gasteiger partial charge on any atom is -0.272 e. The van der Waals surface area contributed by atoms with Crippen molar-refractivity contribution in [2.45, 2.75) is 12.8 Å². The Bertz CT molecular complexity index is 740. The van der Waals surface area contributed by atoms with Crippen molar-refractivity contribution in [2.75, 3.05) is 0 Å². The molecule has 1 saturated carbocycles. The van der Waals surface area contributed by atoms with Crippen LogP contribution < -0.4 is 0 Å². The Morgan fingerprint density at radius 2 is 1.61 bits per heavy atom. The number of nitriles is 1. The third-order valence-electron chi connectivity index (χ3n) is 5.10. The molecule has 23 heavy (non-hydrogen) atoms. The van der Waals surface area contributed by atoms with Gasteiger partial charge in [0.1, 0.15) is 0 Å². The minimum atomic E-state index is -0.232. The van der Waals surface area contributed by atoms with Crippen molar-refractivity contribution in [1.82, 2.24) is 5.01 Å². The second kappa shape index (κ2) is 5.17. The molecule has 0 radical (unpaired) electrons. The van der Waals surface area contributed by atoms with Crippen LogP contribution in [0.3, 0.4) is 0 Å². The van der Waals surface area contributed by atoms with Crippen molar-refractivity contribution < 1.29 is 9.59 Å². The lowest BCUT2D eigenvalue weighted by Gasteiger charge is -2.37. The molecule has 0 spiro atoms. The van der Waals surface area contributed by atoms with Crippen LogP contribution in [-0.2, 0) is 9.59 Å². The normalized spacial score (nSPS) is 31.7. The zero-order valence-corrected chi connectivity index (χ0v) is 12.4. The molecule has 1 saturated heterocycles. The van der Waals surface area contributed by atoms with E-state index in [0.717, 1.165) is 23.4 Å². The quantitative estimate of drug-likeness (QED) is 0.477. The third-order valence-corrected chi connectivity index (χ3v) is 5.10. The van der Waals surface area contributed by atoms with Gasteiger partial charge in [0, 0.05) is 0 Å². The molecule has 1 aromatic carbocycles. The molecule has 1 aromatic rings. The minimum absolute atomic E-state index is 0.177. The lowest BCUT2D eigenvalue weighted by Crippen LogP contribution is -2.38. The number of amides is 2. The van der Waals surface area contributed by atoms with Gasteiger partial charge in [-0.3, -0.25) is 9.59 Å². The van der Waals surface area contributed by atoms with Gasteiger partial charge in [-0.2, -0.15) is 15.4 Å². The summed E-state index contributed by atoms with van der Waals surface area (Å²) < 4.78 is 0. The van der Waals surface area contributed by atoms with E-state index < -0.39 is 0 Å². The highest BCUT2D eigenvalue weighted by Crippen LogP contribution is 2.49. The van der Waals surface area contributed by atoms with E-state index in [2.05, 4.69) is 17.3 Å². The number of fused-ring (bicyclic) bond motifs is 1. The molecule has 2 fully saturated rings. The van der Waals surface area contributed by atoms with Crippen LogP contribution in [0.5, 0.6) is 0 Å². The van der Waals surface area contributed by atoms with Crippen LogP contribution in [0.25, 0.3) is 0 Å². The molecule has 5 nitrogen and oxygen atoms in total. The van der Waals surface area contributed by atoms with Crippen molar-refractivity contribution in [1.29, 1.82) is 5.26 Å². The smallest absolute Gasteiger partial charge is 0.254 e. The van der Waals surface area contributed by atoms with Crippen molar-refractivity contribution in [3.8, 4) is 6.07 Å². The van der Waals surface area contributed by atoms with Gasteiger partial charge in [0.15, 0.2) is 0 Å². The molecule has 4 aliphatic rings. The second-order valence-electron chi connectivity index (χ2n) is 6.31. The molecule has 5 heteroatoms. The molecule has 0 N–H and O–H groups in total. The highest BCUT2D eigenvalue weighted by Gasteiger charge is 2.56. The number of rotatable bonds is 2. The van der Waals surface area contributed by atoms with E-state index in [-0.39, 0.29) is 35.5 Å². The standard InChI is InChI=1S/C18H15N3O2/c19-9-11-1-3-12(4-2-11)10-20-21-17(22)15-13-5-6-14(8-7-13)16(15)18(21)23/h1-6,10,13-16H,7-8H2/b20-10-/t13-,14+,15-,16-/m0/s1. The number of hydrazone groups is 1. The van der Waals surface area contributed by atoms with Crippen LogP contribution in [0.4, 0.5) is 0 Å². The van der Waals surface area contributed by atoms with Crippen LogP contribution in [0.1, 0.15) is 24.0 Å². The number of carbonyl (C=O) groups excluding carboxylic acids is 2. The number of allylic oxidation sites excluding steroid dienone is 2. The first-order valence-electron chi connectivity index (χ1n) is 7.79. The van der Waals surface area contributed by atoms with Crippen LogP contribution in [0.15, 0.2) is 41.5 Å². The van der Waals surface area contributed by atoms with Crippen molar-refractivity contribution in [3.63, 3.8) is 0 Å². The zero-order valence-electron chi connectivity index (χ0n) is 12.4. The van der Waals surface area contributed by atoms with E-state index in [1.165, 1.54) is 6.21 Å². The Hall–Kier alpha value is -2.74. The van der Waals surface area contributed by atoms with Gasteiger partial charge >= 0.3 is 0 Å². The van der Waals surface area contributed by atoms with Crippen LogP contribution in [-0.4, -0.2) is 23.0 Å². The lowest BCUT2D eigenvalue weighted by molar-refractivity contribution is -0.140. The summed E-state index contributed by atoms with van der Waals surface area (Å²) in [7, 11) is 0. The first-order chi connectivity index (χ1) is 11.2. The van der Waals surface area contributed by atoms with E-state index in [1.807, 2.05) is 6.07 Å². The molecule has 114 valence electrons. The summed E-state index contributed by atoms with van der Waals surface area (Å²) in [4.78, 5) is 25.2. The topological polar surface area (TPSA) is 73.5 Å². The largest absolute Gasteiger partial charge is 0.272 e. The first-order valence-corrected chi connectivity index (χ1v) is 7.79. The molecule has 0 unspecified atom stereocenters. The van der Waals surface area contributed by atoms with Gasteiger partial charge in [-0.05, 0) is 42.4 Å². The van der Waals surface area contributed by atoms with Gasteiger partial charge in [0.05, 0.1) is 29.7 Å². The zero-order chi connectivity index (χ0) is 16.0. The van der Waals surface area contributed by atoms with Gasteiger partial charge < -0.3 is 0 Å². The van der Waals surface area contributed by atoms with Gasteiger partial charge in [-0.1, -0.05) is 24.3 Å². The monoisotopic (exact) mass is 305 g/mol. The summed E-state index contributed by atoms with van der Waals surface area (Å²) in [6.45, 7) is 0.